The van der Waals surface area contributed by atoms with Crippen LogP contribution in [0.3, 0.4) is 0 Å². The van der Waals surface area contributed by atoms with Crippen LogP contribution in [0.1, 0.15) is 25.7 Å². The summed E-state index contributed by atoms with van der Waals surface area (Å²) in [4.78, 5) is 11.8. The van der Waals surface area contributed by atoms with Crippen molar-refractivity contribution >= 4 is 16.1 Å². The van der Waals surface area contributed by atoms with E-state index in [9.17, 15) is 26.4 Å². The van der Waals surface area contributed by atoms with E-state index in [-0.39, 0.29) is 5.92 Å². The van der Waals surface area contributed by atoms with Gasteiger partial charge in [0.1, 0.15) is 5.75 Å². The first-order valence-corrected chi connectivity index (χ1v) is 7.89. The molecule has 0 aromatic carbocycles. The number of halogens is 3. The van der Waals surface area contributed by atoms with Gasteiger partial charge in [-0.15, -0.1) is 0 Å². The molecule has 0 saturated heterocycles. The van der Waals surface area contributed by atoms with Crippen LogP contribution in [0.25, 0.3) is 0 Å². The van der Waals surface area contributed by atoms with Crippen molar-refractivity contribution in [2.45, 2.75) is 38.0 Å². The molecule has 116 valence electrons. The molecule has 2 aliphatic carbocycles. The second-order valence-corrected chi connectivity index (χ2v) is 6.99. The van der Waals surface area contributed by atoms with E-state index >= 15 is 0 Å². The van der Waals surface area contributed by atoms with Gasteiger partial charge in [-0.25, -0.2) is 0 Å². The number of rotatable bonds is 4. The lowest BCUT2D eigenvalue weighted by Crippen LogP contribution is -2.41. The Morgan fingerprint density at radius 3 is 2.35 bits per heavy atom. The molecule has 2 bridgehead atoms. The number of ether oxygens (including phenoxy) is 1. The summed E-state index contributed by atoms with van der Waals surface area (Å²) in [6.45, 7) is 0. The fraction of sp³-hybridized carbons (Fsp3) is 0.909. The number of hydrogen-bond donors (Lipinski definition) is 1. The van der Waals surface area contributed by atoms with E-state index in [2.05, 4.69) is 4.74 Å². The SMILES string of the molecule is O=C(OC(CS(=O)(=O)O)C(F)(F)F)C1CC2CCC1C2. The van der Waals surface area contributed by atoms with Gasteiger partial charge in [0.05, 0.1) is 5.92 Å². The quantitative estimate of drug-likeness (QED) is 0.632. The third kappa shape index (κ3) is 3.63. The molecule has 5 nitrogen and oxygen atoms in total. The monoisotopic (exact) mass is 316 g/mol. The van der Waals surface area contributed by atoms with Crippen molar-refractivity contribution in [1.82, 2.24) is 0 Å². The lowest BCUT2D eigenvalue weighted by Gasteiger charge is -2.24. The molecular weight excluding hydrogens is 301 g/mol. The summed E-state index contributed by atoms with van der Waals surface area (Å²) in [5, 5.41) is 0. The molecule has 2 saturated carbocycles. The van der Waals surface area contributed by atoms with Gasteiger partial charge in [-0.05, 0) is 31.1 Å². The van der Waals surface area contributed by atoms with Gasteiger partial charge < -0.3 is 4.74 Å². The van der Waals surface area contributed by atoms with Gasteiger partial charge in [-0.2, -0.15) is 21.6 Å². The topological polar surface area (TPSA) is 80.7 Å². The van der Waals surface area contributed by atoms with Crippen molar-refractivity contribution in [3.05, 3.63) is 0 Å². The average Bonchev–Trinajstić information content (AvgIpc) is 2.86. The fourth-order valence-electron chi connectivity index (χ4n) is 3.15. The number of esters is 1. The maximum absolute atomic E-state index is 12.6. The molecule has 2 fully saturated rings. The second-order valence-electron chi connectivity index (χ2n) is 5.50. The van der Waals surface area contributed by atoms with Crippen molar-refractivity contribution in [3.8, 4) is 0 Å². The van der Waals surface area contributed by atoms with Crippen LogP contribution in [0, 0.1) is 17.8 Å². The Kier molecular flexibility index (Phi) is 4.03. The van der Waals surface area contributed by atoms with E-state index in [0.717, 1.165) is 19.3 Å². The molecular formula is C11H15F3O5S. The van der Waals surface area contributed by atoms with Crippen LogP contribution in [0.2, 0.25) is 0 Å². The summed E-state index contributed by atoms with van der Waals surface area (Å²) in [5.41, 5.74) is 0. The predicted octanol–water partition coefficient (Wildman–Crippen LogP) is 1.78. The van der Waals surface area contributed by atoms with Crippen molar-refractivity contribution in [2.24, 2.45) is 17.8 Å². The van der Waals surface area contributed by atoms with Crippen molar-refractivity contribution in [1.29, 1.82) is 0 Å². The number of alkyl halides is 3. The molecule has 0 aromatic rings. The Hall–Kier alpha value is -0.830. The molecule has 4 unspecified atom stereocenters. The molecule has 2 rings (SSSR count). The van der Waals surface area contributed by atoms with Crippen LogP contribution < -0.4 is 0 Å². The van der Waals surface area contributed by atoms with E-state index in [1.54, 1.807) is 0 Å². The largest absolute Gasteiger partial charge is 0.451 e. The minimum atomic E-state index is -5.02. The summed E-state index contributed by atoms with van der Waals surface area (Å²) >= 11 is 0. The molecule has 20 heavy (non-hydrogen) atoms. The maximum Gasteiger partial charge on any atom is 0.426 e. The maximum atomic E-state index is 12.6. The van der Waals surface area contributed by atoms with Gasteiger partial charge in [0.15, 0.2) is 0 Å². The summed E-state index contributed by atoms with van der Waals surface area (Å²) < 4.78 is 71.9. The molecule has 0 aliphatic heterocycles. The highest BCUT2D eigenvalue weighted by Gasteiger charge is 2.49. The Labute approximate surface area is 114 Å². The molecule has 0 radical (unpaired) electrons. The molecule has 0 spiro atoms. The second kappa shape index (κ2) is 5.18. The number of fused-ring (bicyclic) bond motifs is 2. The number of carbonyl (C=O) groups excluding carboxylic acids is 1. The highest BCUT2D eigenvalue weighted by Crippen LogP contribution is 2.49. The molecule has 0 amide bonds. The number of hydrogen-bond acceptors (Lipinski definition) is 4. The third-order valence-corrected chi connectivity index (χ3v) is 4.75. The van der Waals surface area contributed by atoms with Gasteiger partial charge in [0, 0.05) is 0 Å². The zero-order valence-electron chi connectivity index (χ0n) is 10.5. The minimum absolute atomic E-state index is 0.0344. The van der Waals surface area contributed by atoms with Gasteiger partial charge in [0.2, 0.25) is 6.10 Å². The minimum Gasteiger partial charge on any atom is -0.451 e. The van der Waals surface area contributed by atoms with Crippen molar-refractivity contribution in [3.63, 3.8) is 0 Å². The zero-order chi connectivity index (χ0) is 15.1. The van der Waals surface area contributed by atoms with Gasteiger partial charge in [-0.1, -0.05) is 6.42 Å². The molecule has 0 heterocycles. The van der Waals surface area contributed by atoms with Crippen molar-refractivity contribution < 1.29 is 35.7 Å². The van der Waals surface area contributed by atoms with E-state index < -0.39 is 40.0 Å². The summed E-state index contributed by atoms with van der Waals surface area (Å²) in [6, 6.07) is 0. The lowest BCUT2D eigenvalue weighted by molar-refractivity contribution is -0.218. The molecule has 9 heteroatoms. The van der Waals surface area contributed by atoms with Gasteiger partial charge in [-0.3, -0.25) is 9.35 Å². The average molecular weight is 316 g/mol. The summed E-state index contributed by atoms with van der Waals surface area (Å²) in [5.74, 6) is -2.87. The lowest BCUT2D eigenvalue weighted by atomic mass is 9.89. The van der Waals surface area contributed by atoms with Crippen molar-refractivity contribution in [2.75, 3.05) is 5.75 Å². The third-order valence-electron chi connectivity index (χ3n) is 4.03. The van der Waals surface area contributed by atoms with Crippen LogP contribution >= 0.6 is 0 Å². The molecule has 0 aromatic heterocycles. The van der Waals surface area contributed by atoms with Crippen LogP contribution in [0.4, 0.5) is 13.2 Å². The smallest absolute Gasteiger partial charge is 0.426 e. The van der Waals surface area contributed by atoms with Crippen LogP contribution in [-0.2, 0) is 19.6 Å². The standard InChI is InChI=1S/C11H15F3O5S/c12-11(13,14)9(5-20(16,17)18)19-10(15)8-4-6-1-2-7(8)3-6/h6-9H,1-5H2,(H,16,17,18). The molecule has 4 atom stereocenters. The molecule has 1 N–H and O–H groups in total. The Morgan fingerprint density at radius 1 is 1.30 bits per heavy atom. The summed E-state index contributed by atoms with van der Waals surface area (Å²) in [6.07, 6.45) is -4.76. The van der Waals surface area contributed by atoms with Crippen LogP contribution in [0.15, 0.2) is 0 Å². The van der Waals surface area contributed by atoms with E-state index in [4.69, 9.17) is 4.55 Å². The normalized spacial score (nSPS) is 31.3. The molecule has 2 aliphatic rings. The van der Waals surface area contributed by atoms with Gasteiger partial charge >= 0.3 is 12.1 Å². The Balaban J connectivity index is 2.02. The highest BCUT2D eigenvalue weighted by molar-refractivity contribution is 7.85. The first-order chi connectivity index (χ1) is 9.06. The number of carbonyl (C=O) groups is 1. The fourth-order valence-corrected chi connectivity index (χ4v) is 3.79. The van der Waals surface area contributed by atoms with Crippen LogP contribution in [-0.4, -0.2) is 37.0 Å². The van der Waals surface area contributed by atoms with Crippen LogP contribution in [0.5, 0.6) is 0 Å². The Morgan fingerprint density at radius 2 is 1.95 bits per heavy atom. The van der Waals surface area contributed by atoms with E-state index in [0.29, 0.717) is 12.3 Å². The van der Waals surface area contributed by atoms with Gasteiger partial charge in [0.25, 0.3) is 10.1 Å². The zero-order valence-corrected chi connectivity index (χ0v) is 11.3. The first kappa shape index (κ1) is 15.6. The van der Waals surface area contributed by atoms with E-state index in [1.165, 1.54) is 0 Å². The predicted molar refractivity (Wildman–Crippen MR) is 61.3 cm³/mol. The Bertz CT molecular complexity index is 487. The highest BCUT2D eigenvalue weighted by atomic mass is 32.2. The first-order valence-electron chi connectivity index (χ1n) is 6.28. The van der Waals surface area contributed by atoms with E-state index in [1.807, 2.05) is 0 Å². The summed E-state index contributed by atoms with van der Waals surface area (Å²) in [7, 11) is -4.88.